The Bertz CT molecular complexity index is 714. The highest BCUT2D eigenvalue weighted by molar-refractivity contribution is 7.91. The molecule has 1 atom stereocenters. The summed E-state index contributed by atoms with van der Waals surface area (Å²) in [4.78, 5) is 0. The van der Waals surface area contributed by atoms with Crippen LogP contribution in [0.4, 0.5) is 0 Å². The van der Waals surface area contributed by atoms with Crippen molar-refractivity contribution in [3.05, 3.63) is 35.6 Å². The summed E-state index contributed by atoms with van der Waals surface area (Å²) in [6.07, 6.45) is 0.203. The molecular weight excluding hydrogens is 252 g/mol. The number of aryl methyl sites for hydroxylation is 1. The first-order chi connectivity index (χ1) is 8.38. The summed E-state index contributed by atoms with van der Waals surface area (Å²) in [6.45, 7) is 1.97. The van der Waals surface area contributed by atoms with Crippen LogP contribution in [-0.2, 0) is 15.4 Å². The molecule has 0 saturated carbocycles. The highest BCUT2D eigenvalue weighted by atomic mass is 32.2. The quantitative estimate of drug-likeness (QED) is 0.853. The van der Waals surface area contributed by atoms with Crippen LogP contribution in [0.3, 0.4) is 0 Å². The number of rotatable bonds is 1. The summed E-state index contributed by atoms with van der Waals surface area (Å²) >= 11 is 0. The fourth-order valence-electron chi connectivity index (χ4n) is 2.42. The largest absolute Gasteiger partial charge is 0.458 e. The van der Waals surface area contributed by atoms with Crippen molar-refractivity contribution in [3.8, 4) is 0 Å². The van der Waals surface area contributed by atoms with Gasteiger partial charge < -0.3 is 9.52 Å². The lowest BCUT2D eigenvalue weighted by Crippen LogP contribution is -2.26. The minimum absolute atomic E-state index is 0.0135. The second-order valence-corrected chi connectivity index (χ2v) is 7.21. The Morgan fingerprint density at radius 1 is 1.33 bits per heavy atom. The van der Waals surface area contributed by atoms with Gasteiger partial charge in [-0.25, -0.2) is 8.42 Å². The molecule has 0 spiro atoms. The lowest BCUT2D eigenvalue weighted by molar-refractivity contribution is 0.0434. The van der Waals surface area contributed by atoms with Gasteiger partial charge in [0.2, 0.25) is 0 Å². The molecule has 1 aromatic heterocycles. The van der Waals surface area contributed by atoms with Crippen molar-refractivity contribution in [3.63, 3.8) is 0 Å². The minimum atomic E-state index is -3.16. The predicted octanol–water partition coefficient (Wildman–Crippen LogP) is 1.75. The monoisotopic (exact) mass is 266 g/mol. The van der Waals surface area contributed by atoms with Crippen molar-refractivity contribution in [1.29, 1.82) is 0 Å². The van der Waals surface area contributed by atoms with Gasteiger partial charge >= 0.3 is 0 Å². The van der Waals surface area contributed by atoms with Crippen molar-refractivity contribution >= 4 is 20.8 Å². The molecule has 1 aromatic carbocycles. The van der Waals surface area contributed by atoms with Crippen LogP contribution in [0, 0.1) is 6.92 Å². The van der Waals surface area contributed by atoms with Crippen LogP contribution in [0.25, 0.3) is 11.0 Å². The Morgan fingerprint density at radius 2 is 2.11 bits per heavy atom. The first kappa shape index (κ1) is 11.7. The molecular formula is C13H14O4S. The molecule has 1 aliphatic heterocycles. The topological polar surface area (TPSA) is 67.5 Å². The van der Waals surface area contributed by atoms with Crippen LogP contribution in [0.5, 0.6) is 0 Å². The molecule has 1 aliphatic rings. The van der Waals surface area contributed by atoms with E-state index < -0.39 is 15.4 Å². The number of furan rings is 1. The number of hydrogen-bond donors (Lipinski definition) is 1. The van der Waals surface area contributed by atoms with Crippen molar-refractivity contribution in [1.82, 2.24) is 0 Å². The van der Waals surface area contributed by atoms with Crippen molar-refractivity contribution in [2.75, 3.05) is 11.5 Å². The van der Waals surface area contributed by atoms with Gasteiger partial charge in [-0.15, -0.1) is 0 Å². The zero-order valence-electron chi connectivity index (χ0n) is 10.0. The average Bonchev–Trinajstić information content (AvgIpc) is 2.80. The van der Waals surface area contributed by atoms with Crippen LogP contribution in [0.15, 0.2) is 28.7 Å². The van der Waals surface area contributed by atoms with E-state index in [0.29, 0.717) is 11.3 Å². The second-order valence-electron chi connectivity index (χ2n) is 5.03. The molecule has 2 aromatic rings. The third-order valence-corrected chi connectivity index (χ3v) is 5.16. The average molecular weight is 266 g/mol. The Balaban J connectivity index is 2.10. The Labute approximate surface area is 105 Å². The number of benzene rings is 1. The predicted molar refractivity (Wildman–Crippen MR) is 68.1 cm³/mol. The van der Waals surface area contributed by atoms with Gasteiger partial charge in [0.15, 0.2) is 9.84 Å². The van der Waals surface area contributed by atoms with Crippen LogP contribution in [0.2, 0.25) is 0 Å². The maximum atomic E-state index is 11.5. The summed E-state index contributed by atoms with van der Waals surface area (Å²) in [5.41, 5.74) is 0.403. The normalized spacial score (nSPS) is 26.8. The fourth-order valence-corrected chi connectivity index (χ4v) is 4.23. The van der Waals surface area contributed by atoms with E-state index in [2.05, 4.69) is 0 Å². The standard InChI is InChI=1S/C13H14O4S/c1-9-2-3-11-10(6-9)7-12(17-11)13(14)4-5-18(15,16)8-13/h2-3,6-7,14H,4-5,8H2,1H3. The molecule has 0 bridgehead atoms. The molecule has 1 fully saturated rings. The number of aliphatic hydroxyl groups is 1. The molecule has 18 heavy (non-hydrogen) atoms. The molecule has 0 amide bonds. The summed E-state index contributed by atoms with van der Waals surface area (Å²) in [5, 5.41) is 11.3. The van der Waals surface area contributed by atoms with E-state index in [9.17, 15) is 13.5 Å². The summed E-state index contributed by atoms with van der Waals surface area (Å²) in [6, 6.07) is 7.45. The van der Waals surface area contributed by atoms with Gasteiger partial charge in [-0.3, -0.25) is 0 Å². The first-order valence-electron chi connectivity index (χ1n) is 5.82. The van der Waals surface area contributed by atoms with Gasteiger partial charge in [-0.1, -0.05) is 11.6 Å². The highest BCUT2D eigenvalue weighted by Gasteiger charge is 2.44. The minimum Gasteiger partial charge on any atom is -0.458 e. The Kier molecular flexibility index (Phi) is 2.34. The van der Waals surface area contributed by atoms with Gasteiger partial charge in [0.25, 0.3) is 0 Å². The smallest absolute Gasteiger partial charge is 0.153 e. The summed E-state index contributed by atoms with van der Waals surface area (Å²) in [7, 11) is -3.16. The van der Waals surface area contributed by atoms with Crippen LogP contribution in [-0.4, -0.2) is 25.0 Å². The summed E-state index contributed by atoms with van der Waals surface area (Å²) in [5.74, 6) is 0.113. The van der Waals surface area contributed by atoms with E-state index in [0.717, 1.165) is 10.9 Å². The number of sulfone groups is 1. The molecule has 0 radical (unpaired) electrons. The molecule has 4 nitrogen and oxygen atoms in total. The maximum Gasteiger partial charge on any atom is 0.153 e. The zero-order chi connectivity index (χ0) is 13.0. The van der Waals surface area contributed by atoms with Gasteiger partial charge in [0.05, 0.1) is 11.5 Å². The molecule has 3 rings (SSSR count). The SMILES string of the molecule is Cc1ccc2oc(C3(O)CCS(=O)(=O)C3)cc2c1. The fraction of sp³-hybridized carbons (Fsp3) is 0.385. The molecule has 96 valence electrons. The number of fused-ring (bicyclic) bond motifs is 1. The Hall–Kier alpha value is -1.33. The molecule has 1 saturated heterocycles. The lowest BCUT2D eigenvalue weighted by Gasteiger charge is -2.16. The highest BCUT2D eigenvalue weighted by Crippen LogP contribution is 2.36. The third kappa shape index (κ3) is 1.83. The maximum absolute atomic E-state index is 11.5. The molecule has 5 heteroatoms. The van der Waals surface area contributed by atoms with E-state index >= 15 is 0 Å². The first-order valence-corrected chi connectivity index (χ1v) is 7.64. The van der Waals surface area contributed by atoms with Crippen molar-refractivity contribution in [2.45, 2.75) is 18.9 Å². The second kappa shape index (κ2) is 3.59. The van der Waals surface area contributed by atoms with Crippen molar-refractivity contribution < 1.29 is 17.9 Å². The van der Waals surface area contributed by atoms with E-state index in [1.54, 1.807) is 6.07 Å². The molecule has 1 N–H and O–H groups in total. The van der Waals surface area contributed by atoms with E-state index in [1.807, 2.05) is 25.1 Å². The lowest BCUT2D eigenvalue weighted by atomic mass is 10.0. The van der Waals surface area contributed by atoms with E-state index in [-0.39, 0.29) is 17.9 Å². The molecule has 2 heterocycles. The van der Waals surface area contributed by atoms with Gasteiger partial charge in [0.1, 0.15) is 16.9 Å². The zero-order valence-corrected chi connectivity index (χ0v) is 10.8. The van der Waals surface area contributed by atoms with Crippen LogP contribution >= 0.6 is 0 Å². The van der Waals surface area contributed by atoms with Crippen molar-refractivity contribution in [2.24, 2.45) is 0 Å². The van der Waals surface area contributed by atoms with E-state index in [4.69, 9.17) is 4.42 Å². The Morgan fingerprint density at radius 3 is 2.78 bits per heavy atom. The van der Waals surface area contributed by atoms with Crippen LogP contribution < -0.4 is 0 Å². The number of hydrogen-bond acceptors (Lipinski definition) is 4. The van der Waals surface area contributed by atoms with Gasteiger partial charge in [-0.2, -0.15) is 0 Å². The van der Waals surface area contributed by atoms with Gasteiger partial charge in [-0.05, 0) is 31.5 Å². The molecule has 1 unspecified atom stereocenters. The molecule has 0 aliphatic carbocycles. The van der Waals surface area contributed by atoms with Gasteiger partial charge in [0, 0.05) is 5.39 Å². The third-order valence-electron chi connectivity index (χ3n) is 3.42. The van der Waals surface area contributed by atoms with E-state index in [1.165, 1.54) is 0 Å². The summed E-state index contributed by atoms with van der Waals surface area (Å²) < 4.78 is 28.6. The van der Waals surface area contributed by atoms with Crippen LogP contribution in [0.1, 0.15) is 17.7 Å².